The van der Waals surface area contributed by atoms with Gasteiger partial charge in [-0.05, 0) is 128 Å². The molecule has 0 spiro atoms. The summed E-state index contributed by atoms with van der Waals surface area (Å²) in [5.41, 5.74) is 9.39. The number of fused-ring (bicyclic) bond motifs is 1. The lowest BCUT2D eigenvalue weighted by molar-refractivity contribution is -0.763. The van der Waals surface area contributed by atoms with Crippen LogP contribution in [0.5, 0.6) is 28.7 Å². The number of ether oxygens (including phenoxy) is 5. The van der Waals surface area contributed by atoms with Gasteiger partial charge in [0.1, 0.15) is 49.4 Å². The van der Waals surface area contributed by atoms with Crippen molar-refractivity contribution in [2.45, 2.75) is 105 Å². The van der Waals surface area contributed by atoms with Crippen molar-refractivity contribution in [3.05, 3.63) is 167 Å². The Morgan fingerprint density at radius 1 is 0.789 bits per heavy atom. The summed E-state index contributed by atoms with van der Waals surface area (Å²) < 4.78 is 27.8. The zero-order valence-electron chi connectivity index (χ0n) is 43.7. The first kappa shape index (κ1) is 59.4. The number of aryl methyl sites for hydroxylation is 2. The number of primary amides is 1. The Bertz CT molecular complexity index is 2760. The minimum Gasteiger partial charge on any atom is -0.496 e. The molecule has 0 aromatic heterocycles. The molecule has 21 heteroatoms. The Morgan fingerprint density at radius 2 is 1.37 bits per heavy atom. The number of nitrogens with zero attached hydrogens (tertiary/aromatic N) is 4. The Kier molecular flexibility index (Phi) is 22.2. The molecule has 1 aliphatic heterocycles. The molecule has 7 rings (SSSR count). The first-order chi connectivity index (χ1) is 36.4. The van der Waals surface area contributed by atoms with E-state index in [1.165, 1.54) is 12.1 Å². The molecule has 2 aliphatic rings. The van der Waals surface area contributed by atoms with Gasteiger partial charge in [-0.1, -0.05) is 106 Å². The smallest absolute Gasteiger partial charge is 0.415 e. The van der Waals surface area contributed by atoms with E-state index in [-0.39, 0.29) is 55.3 Å². The fourth-order valence-electron chi connectivity index (χ4n) is 9.87. The monoisotopic (exact) mass is 1090 g/mol. The number of methoxy groups -OCH3 is 1. The molecule has 19 nitrogen and oxygen atoms in total. The van der Waals surface area contributed by atoms with E-state index in [1.807, 2.05) is 88.9 Å². The van der Waals surface area contributed by atoms with Crippen LogP contribution in [-0.4, -0.2) is 77.0 Å². The molecular weight excluding hydrogens is 1030 g/mol. The largest absolute Gasteiger partial charge is 0.496 e. The van der Waals surface area contributed by atoms with E-state index in [2.05, 4.69) is 14.4 Å². The van der Waals surface area contributed by atoms with Gasteiger partial charge < -0.3 is 44.0 Å². The van der Waals surface area contributed by atoms with Gasteiger partial charge >= 0.3 is 12.2 Å². The van der Waals surface area contributed by atoms with Crippen molar-refractivity contribution in [2.75, 3.05) is 26.9 Å². The number of carbonyl (C=O) groups is 3. The topological polar surface area (TPSA) is 235 Å². The van der Waals surface area contributed by atoms with Gasteiger partial charge in [-0.15, -0.1) is 20.2 Å². The van der Waals surface area contributed by atoms with Crippen molar-refractivity contribution in [1.82, 2.24) is 9.80 Å². The highest BCUT2D eigenvalue weighted by atomic mass is 35.5. The summed E-state index contributed by atoms with van der Waals surface area (Å²) in [7, 11) is 1.64. The average Bonchev–Trinajstić information content (AvgIpc) is 3.77. The van der Waals surface area contributed by atoms with E-state index in [1.54, 1.807) is 60.5 Å². The number of benzene rings is 5. The fraction of sp³-hybridized carbons (Fsp3) is 0.400. The zero-order valence-corrected chi connectivity index (χ0v) is 45.2. The number of nitrogens with two attached hydrogens (primary N) is 1. The molecule has 5 aromatic carbocycles. The normalized spacial score (nSPS) is 16.4. The molecular formula is C55H65Cl2N5O14. The third-order valence-corrected chi connectivity index (χ3v) is 13.4. The summed E-state index contributed by atoms with van der Waals surface area (Å²) >= 11 is 12.7. The van der Waals surface area contributed by atoms with Crippen LogP contribution in [-0.2, 0) is 40.6 Å². The van der Waals surface area contributed by atoms with Crippen molar-refractivity contribution in [3.8, 4) is 28.7 Å². The van der Waals surface area contributed by atoms with Crippen LogP contribution in [0.2, 0.25) is 10.0 Å². The summed E-state index contributed by atoms with van der Waals surface area (Å²) in [5, 5.41) is 19.8. The molecule has 2 fully saturated rings. The van der Waals surface area contributed by atoms with E-state index in [0.717, 1.165) is 53.7 Å². The Balaban J connectivity index is 0.000000537. The number of rotatable bonds is 22. The van der Waals surface area contributed by atoms with Gasteiger partial charge in [0.05, 0.1) is 29.1 Å². The Labute approximate surface area is 452 Å². The number of likely N-dealkylation sites (tertiary alicyclic amines) is 1. The van der Waals surface area contributed by atoms with Crippen molar-refractivity contribution < 1.29 is 57.9 Å². The molecule has 4 unspecified atom stereocenters. The second-order valence-corrected chi connectivity index (χ2v) is 18.8. The standard InChI is InChI=1S/C45H51Cl2N3O9.C8H8N2O5.C2H6/c1-6-19-48(27-33-14-17-39(55-5)30(3)24-33)43(51)31(4)42-45(18-8-11-40(45)49(42)44(52)59-36-10-7-9-34(25-36)28-58-50(53)54)26-32-12-15-35(16-13-32)56-20-21-57-41-37(46)22-29(2)23-38(41)47;9-8(11)15-7-3-1-2-6(4-7)5-14-10(12)13;1-2/h7,9-10,12-17,22-25,31,40,42H,6,8,11,18-21,26-28H2,1-5H3;1-4H,5H2,(H2,9,11);1-2H3. The summed E-state index contributed by atoms with van der Waals surface area (Å²) in [4.78, 5) is 72.4. The SMILES string of the molecule is CC.CCCN(Cc1ccc(OC)c(C)c1)C(=O)C(C)C1N(C(=O)Oc2cccc(CO[N+](=O)[O-])c2)C2CCCC21Cc1ccc(OCCOc2c(Cl)cc(C)cc2Cl)cc1.NC(=O)Oc1cccc(CO[N+](=O)[O-])c1. The average molecular weight is 1090 g/mol. The summed E-state index contributed by atoms with van der Waals surface area (Å²) in [6.07, 6.45) is 2.41. The number of amides is 3. The van der Waals surface area contributed by atoms with Crippen LogP contribution in [0.25, 0.3) is 0 Å². The minimum absolute atomic E-state index is 0.0362. The number of halogens is 2. The molecule has 2 N–H and O–H groups in total. The van der Waals surface area contributed by atoms with Gasteiger partial charge in [-0.3, -0.25) is 9.69 Å². The van der Waals surface area contributed by atoms with Gasteiger partial charge in [-0.2, -0.15) is 0 Å². The number of hydrogen-bond donors (Lipinski definition) is 1. The molecule has 1 saturated heterocycles. The maximum Gasteiger partial charge on any atom is 0.415 e. The second-order valence-electron chi connectivity index (χ2n) is 18.0. The maximum absolute atomic E-state index is 14.7. The molecule has 76 heavy (non-hydrogen) atoms. The molecule has 408 valence electrons. The number of hydrogen-bond acceptors (Lipinski definition) is 14. The highest BCUT2D eigenvalue weighted by molar-refractivity contribution is 6.37. The van der Waals surface area contributed by atoms with Crippen LogP contribution in [0.4, 0.5) is 9.59 Å². The zero-order chi connectivity index (χ0) is 55.5. The van der Waals surface area contributed by atoms with Gasteiger partial charge in [0.2, 0.25) is 5.91 Å². The highest BCUT2D eigenvalue weighted by Gasteiger charge is 2.66. The van der Waals surface area contributed by atoms with E-state index in [4.69, 9.17) is 47.9 Å². The number of carbonyl (C=O) groups excluding carboxylic acids is 3. The lowest BCUT2D eigenvalue weighted by atomic mass is 9.59. The van der Waals surface area contributed by atoms with E-state index >= 15 is 0 Å². The molecule has 1 aliphatic carbocycles. The molecule has 0 bridgehead atoms. The van der Waals surface area contributed by atoms with E-state index in [0.29, 0.717) is 52.2 Å². The van der Waals surface area contributed by atoms with E-state index in [9.17, 15) is 34.6 Å². The third kappa shape index (κ3) is 16.0. The van der Waals surface area contributed by atoms with Crippen molar-refractivity contribution in [2.24, 2.45) is 17.1 Å². The lowest BCUT2D eigenvalue weighted by Crippen LogP contribution is -2.75. The highest BCUT2D eigenvalue weighted by Crippen LogP contribution is 2.59. The summed E-state index contributed by atoms with van der Waals surface area (Å²) in [5.74, 6) is 1.74. The van der Waals surface area contributed by atoms with Gasteiger partial charge in [0.25, 0.3) is 10.2 Å². The fourth-order valence-corrected chi connectivity index (χ4v) is 10.6. The quantitative estimate of drug-likeness (QED) is 0.0386. The molecule has 3 amide bonds. The summed E-state index contributed by atoms with van der Waals surface area (Å²) in [6.45, 7) is 12.9. The first-order valence-corrected chi connectivity index (χ1v) is 25.6. The van der Waals surface area contributed by atoms with Crippen LogP contribution < -0.4 is 29.4 Å². The van der Waals surface area contributed by atoms with Gasteiger partial charge in [0.15, 0.2) is 5.75 Å². The van der Waals surface area contributed by atoms with Crippen LogP contribution >= 0.6 is 23.2 Å². The van der Waals surface area contributed by atoms with Crippen LogP contribution in [0.1, 0.15) is 86.8 Å². The lowest BCUT2D eigenvalue weighted by Gasteiger charge is -2.62. The molecule has 1 saturated carbocycles. The summed E-state index contributed by atoms with van der Waals surface area (Å²) in [6, 6.07) is 29.4. The minimum atomic E-state index is -0.942. The van der Waals surface area contributed by atoms with Gasteiger partial charge in [0, 0.05) is 24.5 Å². The first-order valence-electron chi connectivity index (χ1n) is 24.8. The van der Waals surface area contributed by atoms with Crippen LogP contribution in [0, 0.1) is 45.4 Å². The van der Waals surface area contributed by atoms with Crippen LogP contribution in [0.3, 0.4) is 0 Å². The Morgan fingerprint density at radius 3 is 1.92 bits per heavy atom. The van der Waals surface area contributed by atoms with Gasteiger partial charge in [-0.25, -0.2) is 9.59 Å². The Hall–Kier alpha value is -7.51. The second kappa shape index (κ2) is 28.4. The van der Waals surface area contributed by atoms with Crippen molar-refractivity contribution in [1.29, 1.82) is 0 Å². The van der Waals surface area contributed by atoms with Crippen molar-refractivity contribution >= 4 is 41.3 Å². The maximum atomic E-state index is 14.7. The predicted octanol–water partition coefficient (Wildman–Crippen LogP) is 11.7. The van der Waals surface area contributed by atoms with Crippen molar-refractivity contribution in [3.63, 3.8) is 0 Å². The predicted molar refractivity (Wildman–Crippen MR) is 285 cm³/mol. The third-order valence-electron chi connectivity index (χ3n) is 12.8. The van der Waals surface area contributed by atoms with E-state index < -0.39 is 34.3 Å². The molecule has 0 radical (unpaired) electrons. The molecule has 1 heterocycles. The molecule has 4 atom stereocenters. The molecule has 5 aromatic rings. The van der Waals surface area contributed by atoms with Crippen LogP contribution in [0.15, 0.2) is 103 Å².